The minimum absolute atomic E-state index is 0.0311. The molecule has 0 saturated carbocycles. The first-order chi connectivity index (χ1) is 8.30. The number of hydrogen-bond donors (Lipinski definition) is 2. The van der Waals surface area contributed by atoms with Gasteiger partial charge >= 0.3 is 0 Å². The van der Waals surface area contributed by atoms with Gasteiger partial charge in [0.1, 0.15) is 5.60 Å². The van der Waals surface area contributed by atoms with Crippen LogP contribution in [0.15, 0.2) is 34.9 Å². The van der Waals surface area contributed by atoms with E-state index < -0.39 is 5.60 Å². The van der Waals surface area contributed by atoms with Crippen LogP contribution in [0.4, 0.5) is 0 Å². The number of fused-ring (bicyclic) bond motifs is 1. The van der Waals surface area contributed by atoms with Crippen LogP contribution in [-0.4, -0.2) is 28.2 Å². The topological polar surface area (TPSA) is 57.5 Å². The molecule has 98 valence electrons. The van der Waals surface area contributed by atoms with Crippen molar-refractivity contribution in [3.63, 3.8) is 0 Å². The molecule has 0 bridgehead atoms. The quantitative estimate of drug-likeness (QED) is 0.785. The second-order valence-electron chi connectivity index (χ2n) is 5.76. The summed E-state index contributed by atoms with van der Waals surface area (Å²) < 4.78 is 0. The molecule has 0 aliphatic heterocycles. The Bertz CT molecular complexity index is 480. The van der Waals surface area contributed by atoms with Gasteiger partial charge in [-0.1, -0.05) is 19.1 Å². The van der Waals surface area contributed by atoms with Gasteiger partial charge in [-0.05, 0) is 43.9 Å². The van der Waals surface area contributed by atoms with Crippen molar-refractivity contribution in [2.24, 2.45) is 5.41 Å². The molecule has 2 N–H and O–H groups in total. The molecule has 0 spiro atoms. The molecule has 0 unspecified atom stereocenters. The normalized spacial score (nSPS) is 30.9. The Morgan fingerprint density at radius 1 is 1.50 bits per heavy atom. The molecule has 0 fully saturated rings. The Kier molecular flexibility index (Phi) is 3.07. The fourth-order valence-corrected chi connectivity index (χ4v) is 2.69. The molecule has 2 rings (SSSR count). The monoisotopic (exact) mass is 248 g/mol. The maximum absolute atomic E-state index is 11.7. The summed E-state index contributed by atoms with van der Waals surface area (Å²) in [5, 5.41) is 19.4. The minimum Gasteiger partial charge on any atom is -0.393 e. The molecular weight excluding hydrogens is 228 g/mol. The van der Waals surface area contributed by atoms with Crippen LogP contribution >= 0.6 is 0 Å². The summed E-state index contributed by atoms with van der Waals surface area (Å²) in [5.74, 6) is 0.0311. The zero-order valence-corrected chi connectivity index (χ0v) is 11.2. The van der Waals surface area contributed by atoms with Crippen molar-refractivity contribution in [1.82, 2.24) is 0 Å². The third kappa shape index (κ3) is 1.98. The molecule has 2 atom stereocenters. The van der Waals surface area contributed by atoms with E-state index in [0.29, 0.717) is 0 Å². The highest BCUT2D eigenvalue weighted by atomic mass is 16.3. The number of aliphatic hydroxyl groups is 2. The molecule has 0 saturated heterocycles. The van der Waals surface area contributed by atoms with Gasteiger partial charge in [-0.25, -0.2) is 0 Å². The summed E-state index contributed by atoms with van der Waals surface area (Å²) in [4.78, 5) is 11.7. The van der Waals surface area contributed by atoms with E-state index in [0.717, 1.165) is 29.6 Å². The van der Waals surface area contributed by atoms with Gasteiger partial charge in [-0.2, -0.15) is 0 Å². The number of carbonyl (C=O) groups is 1. The predicted octanol–water partition coefficient (Wildman–Crippen LogP) is 1.91. The third-order valence-corrected chi connectivity index (χ3v) is 4.22. The second-order valence-corrected chi connectivity index (χ2v) is 5.76. The number of allylic oxidation sites excluding steroid dienone is 5. The van der Waals surface area contributed by atoms with Crippen molar-refractivity contribution in [3.05, 3.63) is 34.9 Å². The molecule has 18 heavy (non-hydrogen) atoms. The van der Waals surface area contributed by atoms with E-state index in [1.807, 2.05) is 19.1 Å². The highest BCUT2D eigenvalue weighted by Gasteiger charge is 2.37. The largest absolute Gasteiger partial charge is 0.393 e. The number of hydrogen-bond acceptors (Lipinski definition) is 3. The molecule has 0 radical (unpaired) electrons. The standard InChI is InChI=1S/C15H20O3/c1-10-12-8-11(15(3,18)9-16)4-6-14(12,2)7-5-13(10)17/h5,7-8,16,18H,4,6,9H2,1-3H3/t14-,15-/m1/s1. The summed E-state index contributed by atoms with van der Waals surface area (Å²) in [5.41, 5.74) is 1.21. The van der Waals surface area contributed by atoms with E-state index in [4.69, 9.17) is 0 Å². The van der Waals surface area contributed by atoms with Crippen LogP contribution < -0.4 is 0 Å². The highest BCUT2D eigenvalue weighted by molar-refractivity contribution is 6.06. The van der Waals surface area contributed by atoms with Crippen LogP contribution in [0.3, 0.4) is 0 Å². The minimum atomic E-state index is -1.20. The lowest BCUT2D eigenvalue weighted by molar-refractivity contribution is -0.111. The van der Waals surface area contributed by atoms with Gasteiger partial charge in [-0.15, -0.1) is 0 Å². The van der Waals surface area contributed by atoms with Gasteiger partial charge < -0.3 is 10.2 Å². The number of carbonyl (C=O) groups excluding carboxylic acids is 1. The fourth-order valence-electron chi connectivity index (χ4n) is 2.69. The number of aliphatic hydroxyl groups excluding tert-OH is 1. The van der Waals surface area contributed by atoms with Crippen molar-refractivity contribution in [1.29, 1.82) is 0 Å². The van der Waals surface area contributed by atoms with Crippen molar-refractivity contribution in [2.45, 2.75) is 39.2 Å². The van der Waals surface area contributed by atoms with Gasteiger partial charge in [0.25, 0.3) is 0 Å². The summed E-state index contributed by atoms with van der Waals surface area (Å²) in [6.07, 6.45) is 7.09. The molecule has 0 aromatic carbocycles. The first-order valence-corrected chi connectivity index (χ1v) is 6.29. The van der Waals surface area contributed by atoms with E-state index >= 15 is 0 Å². The predicted molar refractivity (Wildman–Crippen MR) is 70.0 cm³/mol. The lowest BCUT2D eigenvalue weighted by atomic mass is 9.66. The molecule has 0 amide bonds. The van der Waals surface area contributed by atoms with Gasteiger partial charge in [0.15, 0.2) is 5.78 Å². The number of ketones is 1. The Morgan fingerprint density at radius 3 is 2.78 bits per heavy atom. The molecular formula is C15H20O3. The molecule has 2 aliphatic rings. The summed E-state index contributed by atoms with van der Waals surface area (Å²) in [6.45, 7) is 5.24. The van der Waals surface area contributed by atoms with Gasteiger partial charge in [0.05, 0.1) is 6.61 Å². The number of rotatable bonds is 2. The second kappa shape index (κ2) is 4.18. The average molecular weight is 248 g/mol. The SMILES string of the molecule is CC1=C2C=C([C@](C)(O)CO)CC[C@]2(C)C=CC1=O. The highest BCUT2D eigenvalue weighted by Crippen LogP contribution is 2.46. The summed E-state index contributed by atoms with van der Waals surface area (Å²) >= 11 is 0. The van der Waals surface area contributed by atoms with E-state index in [2.05, 4.69) is 6.92 Å². The fraction of sp³-hybridized carbons (Fsp3) is 0.533. The Labute approximate surface area is 108 Å². The lowest BCUT2D eigenvalue weighted by Crippen LogP contribution is -2.36. The molecule has 3 heteroatoms. The maximum atomic E-state index is 11.7. The van der Waals surface area contributed by atoms with Crippen molar-refractivity contribution in [3.8, 4) is 0 Å². The van der Waals surface area contributed by atoms with E-state index in [1.165, 1.54) is 0 Å². The van der Waals surface area contributed by atoms with Crippen LogP contribution in [0.25, 0.3) is 0 Å². The average Bonchev–Trinajstić information content (AvgIpc) is 2.34. The third-order valence-electron chi connectivity index (χ3n) is 4.22. The molecule has 0 heterocycles. The van der Waals surface area contributed by atoms with Gasteiger partial charge in [-0.3, -0.25) is 4.79 Å². The van der Waals surface area contributed by atoms with Gasteiger partial charge in [0, 0.05) is 11.0 Å². The molecule has 0 aromatic heterocycles. The Hall–Kier alpha value is -1.19. The van der Waals surface area contributed by atoms with Crippen molar-refractivity contribution < 1.29 is 15.0 Å². The lowest BCUT2D eigenvalue weighted by Gasteiger charge is -2.39. The van der Waals surface area contributed by atoms with Crippen molar-refractivity contribution in [2.75, 3.05) is 6.61 Å². The zero-order chi connectivity index (χ0) is 13.6. The van der Waals surface area contributed by atoms with Gasteiger partial charge in [0.2, 0.25) is 0 Å². The van der Waals surface area contributed by atoms with Crippen molar-refractivity contribution >= 4 is 5.78 Å². The molecule has 2 aliphatic carbocycles. The summed E-state index contributed by atoms with van der Waals surface area (Å²) in [7, 11) is 0. The first kappa shape index (κ1) is 13.2. The van der Waals surface area contributed by atoms with Crippen LogP contribution in [0.2, 0.25) is 0 Å². The molecule has 3 nitrogen and oxygen atoms in total. The summed E-state index contributed by atoms with van der Waals surface area (Å²) in [6, 6.07) is 0. The first-order valence-electron chi connectivity index (χ1n) is 6.29. The zero-order valence-electron chi connectivity index (χ0n) is 11.2. The van der Waals surface area contributed by atoms with E-state index in [1.54, 1.807) is 13.0 Å². The van der Waals surface area contributed by atoms with Crippen LogP contribution in [0.1, 0.15) is 33.6 Å². The van der Waals surface area contributed by atoms with Crippen LogP contribution in [-0.2, 0) is 4.79 Å². The Morgan fingerprint density at radius 2 is 2.17 bits per heavy atom. The van der Waals surface area contributed by atoms with E-state index in [9.17, 15) is 15.0 Å². The Balaban J connectivity index is 2.50. The van der Waals surface area contributed by atoms with Crippen LogP contribution in [0, 0.1) is 5.41 Å². The van der Waals surface area contributed by atoms with Crippen LogP contribution in [0.5, 0.6) is 0 Å². The molecule has 0 aromatic rings. The maximum Gasteiger partial charge on any atom is 0.181 e. The smallest absolute Gasteiger partial charge is 0.181 e. The van der Waals surface area contributed by atoms with E-state index in [-0.39, 0.29) is 17.8 Å².